The van der Waals surface area contributed by atoms with Gasteiger partial charge in [0.05, 0.1) is 17.4 Å². The summed E-state index contributed by atoms with van der Waals surface area (Å²) in [7, 11) is 1.27. The number of hydrogen-bond donors (Lipinski definition) is 0. The molecule has 0 fully saturated rings. The van der Waals surface area contributed by atoms with Crippen LogP contribution < -0.4 is 9.47 Å². The zero-order chi connectivity index (χ0) is 14.2. The highest BCUT2D eigenvalue weighted by Crippen LogP contribution is 2.44. The monoisotopic (exact) mass is 267 g/mol. The van der Waals surface area contributed by atoms with Crippen molar-refractivity contribution >= 4 is 11.7 Å². The first-order valence-corrected chi connectivity index (χ1v) is 5.55. The molecule has 1 aliphatic heterocycles. The van der Waals surface area contributed by atoms with Crippen molar-refractivity contribution < 1.29 is 23.9 Å². The van der Waals surface area contributed by atoms with Crippen molar-refractivity contribution in [3.63, 3.8) is 0 Å². The van der Waals surface area contributed by atoms with Crippen LogP contribution in [-0.2, 0) is 14.9 Å². The Morgan fingerprint density at radius 3 is 2.68 bits per heavy atom. The summed E-state index contributed by atoms with van der Waals surface area (Å²) in [6.07, 6.45) is 0. The van der Waals surface area contributed by atoms with Crippen LogP contribution in [0.5, 0.6) is 11.5 Å². The van der Waals surface area contributed by atoms with E-state index in [1.54, 1.807) is 19.9 Å². The van der Waals surface area contributed by atoms with E-state index in [9.17, 15) is 14.9 Å². The molecule has 0 radical (unpaired) electrons. The maximum Gasteiger partial charge on any atom is 0.315 e. The fourth-order valence-electron chi connectivity index (χ4n) is 1.86. The topological polar surface area (TPSA) is 87.9 Å². The highest BCUT2D eigenvalue weighted by Gasteiger charge is 2.36. The van der Waals surface area contributed by atoms with Crippen molar-refractivity contribution in [3.8, 4) is 11.5 Å². The van der Waals surface area contributed by atoms with Crippen molar-refractivity contribution in [1.82, 2.24) is 0 Å². The molecule has 2 rings (SSSR count). The van der Waals surface area contributed by atoms with Gasteiger partial charge >= 0.3 is 11.7 Å². The molecule has 0 unspecified atom stereocenters. The number of esters is 1. The summed E-state index contributed by atoms with van der Waals surface area (Å²) < 4.78 is 14.9. The van der Waals surface area contributed by atoms with Crippen LogP contribution in [-0.4, -0.2) is 24.8 Å². The first kappa shape index (κ1) is 13.1. The van der Waals surface area contributed by atoms with Crippen LogP contribution >= 0.6 is 0 Å². The zero-order valence-electron chi connectivity index (χ0n) is 10.8. The fourth-order valence-corrected chi connectivity index (χ4v) is 1.86. The first-order chi connectivity index (χ1) is 8.87. The molecule has 0 spiro atoms. The predicted octanol–water partition coefficient (Wildman–Crippen LogP) is 1.77. The van der Waals surface area contributed by atoms with E-state index in [4.69, 9.17) is 14.2 Å². The molecule has 102 valence electrons. The second-order valence-corrected chi connectivity index (χ2v) is 4.60. The average molecular weight is 267 g/mol. The Morgan fingerprint density at radius 2 is 2.11 bits per heavy atom. The third-order valence-corrected chi connectivity index (χ3v) is 3.07. The van der Waals surface area contributed by atoms with Gasteiger partial charge in [-0.25, -0.2) is 0 Å². The quantitative estimate of drug-likeness (QED) is 0.471. The number of nitrogens with zero attached hydrogens (tertiary/aromatic N) is 1. The molecule has 0 saturated heterocycles. The second-order valence-electron chi connectivity index (χ2n) is 4.60. The standard InChI is InChI=1S/C12H13NO6/c1-12(2,11(14)17-3)7-4-8(13(15)16)10-9(5-7)18-6-19-10/h4-5H,6H2,1-3H3. The molecule has 1 aromatic carbocycles. The number of nitro groups is 1. The zero-order valence-corrected chi connectivity index (χ0v) is 10.8. The van der Waals surface area contributed by atoms with Gasteiger partial charge in [-0.2, -0.15) is 0 Å². The third kappa shape index (κ3) is 2.07. The lowest BCUT2D eigenvalue weighted by Gasteiger charge is -2.22. The Kier molecular flexibility index (Phi) is 3.05. The molecule has 0 amide bonds. The molecule has 19 heavy (non-hydrogen) atoms. The van der Waals surface area contributed by atoms with Gasteiger partial charge in [0.1, 0.15) is 0 Å². The van der Waals surface area contributed by atoms with Crippen LogP contribution in [0.15, 0.2) is 12.1 Å². The van der Waals surface area contributed by atoms with Gasteiger partial charge < -0.3 is 14.2 Å². The second kappa shape index (κ2) is 4.42. The SMILES string of the molecule is COC(=O)C(C)(C)c1cc2c(c([N+](=O)[O-])c1)OCO2. The molecule has 0 aliphatic carbocycles. The van der Waals surface area contributed by atoms with E-state index < -0.39 is 16.3 Å². The van der Waals surface area contributed by atoms with Gasteiger partial charge in [-0.15, -0.1) is 0 Å². The number of carbonyl (C=O) groups is 1. The fraction of sp³-hybridized carbons (Fsp3) is 0.417. The minimum atomic E-state index is -1.01. The Bertz CT molecular complexity index is 551. The molecule has 1 aromatic rings. The Morgan fingerprint density at radius 1 is 1.42 bits per heavy atom. The van der Waals surface area contributed by atoms with Crippen molar-refractivity contribution in [3.05, 3.63) is 27.8 Å². The van der Waals surface area contributed by atoms with E-state index in [1.165, 1.54) is 13.2 Å². The summed E-state index contributed by atoms with van der Waals surface area (Å²) in [5, 5.41) is 11.0. The lowest BCUT2D eigenvalue weighted by Crippen LogP contribution is -2.30. The van der Waals surface area contributed by atoms with Crippen LogP contribution in [0.4, 0.5) is 5.69 Å². The van der Waals surface area contributed by atoms with Gasteiger partial charge in [-0.1, -0.05) is 0 Å². The van der Waals surface area contributed by atoms with Crippen LogP contribution in [0.25, 0.3) is 0 Å². The Balaban J connectivity index is 2.57. The molecule has 0 N–H and O–H groups in total. The van der Waals surface area contributed by atoms with Gasteiger partial charge in [0.15, 0.2) is 5.75 Å². The number of fused-ring (bicyclic) bond motifs is 1. The highest BCUT2D eigenvalue weighted by atomic mass is 16.7. The minimum absolute atomic E-state index is 0.0712. The largest absolute Gasteiger partial charge is 0.468 e. The summed E-state index contributed by atoms with van der Waals surface area (Å²) in [6, 6.07) is 2.87. The maximum absolute atomic E-state index is 11.8. The maximum atomic E-state index is 11.8. The third-order valence-electron chi connectivity index (χ3n) is 3.07. The molecule has 0 aromatic heterocycles. The van der Waals surface area contributed by atoms with Gasteiger partial charge in [-0.3, -0.25) is 14.9 Å². The molecule has 7 nitrogen and oxygen atoms in total. The van der Waals surface area contributed by atoms with E-state index in [-0.39, 0.29) is 24.0 Å². The van der Waals surface area contributed by atoms with E-state index in [0.29, 0.717) is 5.56 Å². The molecular weight excluding hydrogens is 254 g/mol. The summed E-state index contributed by atoms with van der Waals surface area (Å²) in [5.74, 6) is -0.128. The average Bonchev–Trinajstić information content (AvgIpc) is 2.84. The van der Waals surface area contributed by atoms with Crippen LogP contribution in [0, 0.1) is 10.1 Å². The summed E-state index contributed by atoms with van der Waals surface area (Å²) in [6.45, 7) is 3.18. The summed E-state index contributed by atoms with van der Waals surface area (Å²) in [4.78, 5) is 22.2. The van der Waals surface area contributed by atoms with Gasteiger partial charge in [-0.05, 0) is 25.5 Å². The van der Waals surface area contributed by atoms with Crippen LogP contribution in [0.2, 0.25) is 0 Å². The Labute approximate surface area is 109 Å². The van der Waals surface area contributed by atoms with Crippen molar-refractivity contribution in [2.45, 2.75) is 19.3 Å². The number of hydrogen-bond acceptors (Lipinski definition) is 6. The number of methoxy groups -OCH3 is 1. The number of carbonyl (C=O) groups excluding carboxylic acids is 1. The molecule has 0 bridgehead atoms. The summed E-state index contributed by atoms with van der Waals surface area (Å²) >= 11 is 0. The lowest BCUT2D eigenvalue weighted by atomic mass is 9.84. The molecule has 0 saturated carbocycles. The van der Waals surface area contributed by atoms with Crippen molar-refractivity contribution in [2.75, 3.05) is 13.9 Å². The highest BCUT2D eigenvalue weighted by molar-refractivity contribution is 5.83. The summed E-state index contributed by atoms with van der Waals surface area (Å²) in [5.41, 5.74) is -0.794. The van der Waals surface area contributed by atoms with Crippen molar-refractivity contribution in [2.24, 2.45) is 0 Å². The van der Waals surface area contributed by atoms with Crippen LogP contribution in [0.1, 0.15) is 19.4 Å². The van der Waals surface area contributed by atoms with Crippen molar-refractivity contribution in [1.29, 1.82) is 0 Å². The number of benzene rings is 1. The lowest BCUT2D eigenvalue weighted by molar-refractivity contribution is -0.385. The minimum Gasteiger partial charge on any atom is -0.468 e. The van der Waals surface area contributed by atoms with Gasteiger partial charge in [0, 0.05) is 6.07 Å². The van der Waals surface area contributed by atoms with E-state index in [1.807, 2.05) is 0 Å². The smallest absolute Gasteiger partial charge is 0.315 e. The molecule has 0 atom stereocenters. The van der Waals surface area contributed by atoms with E-state index in [2.05, 4.69) is 0 Å². The van der Waals surface area contributed by atoms with Gasteiger partial charge in [0.2, 0.25) is 12.5 Å². The van der Waals surface area contributed by atoms with E-state index in [0.717, 1.165) is 0 Å². The molecule has 1 aliphatic rings. The molecule has 7 heteroatoms. The van der Waals surface area contributed by atoms with E-state index >= 15 is 0 Å². The molecule has 1 heterocycles. The first-order valence-electron chi connectivity index (χ1n) is 5.55. The number of rotatable bonds is 3. The number of ether oxygens (including phenoxy) is 3. The predicted molar refractivity (Wildman–Crippen MR) is 64.3 cm³/mol. The van der Waals surface area contributed by atoms with Gasteiger partial charge in [0.25, 0.3) is 0 Å². The Hall–Kier alpha value is -2.31. The normalized spacial score (nSPS) is 13.2. The number of nitro benzene ring substituents is 1. The van der Waals surface area contributed by atoms with Crippen LogP contribution in [0.3, 0.4) is 0 Å². The molecular formula is C12H13NO6.